The minimum atomic E-state index is -0.220. The summed E-state index contributed by atoms with van der Waals surface area (Å²) in [6.07, 6.45) is 1.03. The van der Waals surface area contributed by atoms with Gasteiger partial charge in [0.05, 0.1) is 7.11 Å². The molecular formula is C13H20FNO. The lowest BCUT2D eigenvalue weighted by molar-refractivity contribution is 0.407. The summed E-state index contributed by atoms with van der Waals surface area (Å²) in [6.45, 7) is 6.17. The van der Waals surface area contributed by atoms with Crippen LogP contribution in [0.2, 0.25) is 0 Å². The van der Waals surface area contributed by atoms with Crippen molar-refractivity contribution in [3.05, 3.63) is 29.6 Å². The van der Waals surface area contributed by atoms with E-state index < -0.39 is 0 Å². The van der Waals surface area contributed by atoms with Crippen LogP contribution in [-0.2, 0) is 0 Å². The second kappa shape index (κ2) is 5.85. The van der Waals surface area contributed by atoms with Gasteiger partial charge in [-0.1, -0.05) is 13.0 Å². The van der Waals surface area contributed by atoms with E-state index >= 15 is 0 Å². The minimum Gasteiger partial charge on any atom is -0.497 e. The van der Waals surface area contributed by atoms with Gasteiger partial charge < -0.3 is 10.1 Å². The van der Waals surface area contributed by atoms with Crippen LogP contribution >= 0.6 is 0 Å². The largest absolute Gasteiger partial charge is 0.497 e. The predicted octanol–water partition coefficient (Wildman–Crippen LogP) is 3.28. The normalized spacial score (nSPS) is 14.6. The molecule has 0 aliphatic carbocycles. The summed E-state index contributed by atoms with van der Waals surface area (Å²) in [5.41, 5.74) is 0.682. The maximum absolute atomic E-state index is 13.7. The molecule has 2 atom stereocenters. The molecule has 0 amide bonds. The van der Waals surface area contributed by atoms with Gasteiger partial charge in [0.25, 0.3) is 0 Å². The van der Waals surface area contributed by atoms with Crippen LogP contribution in [0.15, 0.2) is 18.2 Å². The third kappa shape index (κ3) is 3.20. The fraction of sp³-hybridized carbons (Fsp3) is 0.538. The molecule has 2 unspecified atom stereocenters. The van der Waals surface area contributed by atoms with Gasteiger partial charge in [-0.05, 0) is 26.3 Å². The zero-order valence-corrected chi connectivity index (χ0v) is 10.4. The first-order valence-corrected chi connectivity index (χ1v) is 5.68. The second-order valence-electron chi connectivity index (χ2n) is 4.09. The summed E-state index contributed by atoms with van der Waals surface area (Å²) < 4.78 is 18.7. The molecule has 1 rings (SSSR count). The Balaban J connectivity index is 2.79. The van der Waals surface area contributed by atoms with E-state index in [0.29, 0.717) is 17.4 Å². The van der Waals surface area contributed by atoms with E-state index in [4.69, 9.17) is 4.74 Å². The average molecular weight is 225 g/mol. The van der Waals surface area contributed by atoms with Crippen molar-refractivity contribution in [2.75, 3.05) is 7.11 Å². The predicted molar refractivity (Wildman–Crippen MR) is 64.3 cm³/mol. The minimum absolute atomic E-state index is 0.0147. The van der Waals surface area contributed by atoms with Crippen molar-refractivity contribution in [2.45, 2.75) is 39.3 Å². The van der Waals surface area contributed by atoms with Gasteiger partial charge >= 0.3 is 0 Å². The number of ether oxygens (including phenoxy) is 1. The van der Waals surface area contributed by atoms with Gasteiger partial charge in [0.15, 0.2) is 0 Å². The molecule has 1 aromatic rings. The quantitative estimate of drug-likeness (QED) is 0.830. The monoisotopic (exact) mass is 225 g/mol. The Hall–Kier alpha value is -1.09. The van der Waals surface area contributed by atoms with Crippen LogP contribution in [0.5, 0.6) is 5.75 Å². The summed E-state index contributed by atoms with van der Waals surface area (Å²) in [4.78, 5) is 0. The van der Waals surface area contributed by atoms with Crippen LogP contribution in [0.3, 0.4) is 0 Å². The van der Waals surface area contributed by atoms with E-state index in [-0.39, 0.29) is 11.9 Å². The Bertz CT molecular complexity index is 341. The molecule has 0 spiro atoms. The maximum Gasteiger partial charge on any atom is 0.131 e. The first-order valence-electron chi connectivity index (χ1n) is 5.68. The molecule has 90 valence electrons. The summed E-state index contributed by atoms with van der Waals surface area (Å²) in [7, 11) is 1.54. The topological polar surface area (TPSA) is 21.3 Å². The van der Waals surface area contributed by atoms with E-state index in [9.17, 15) is 4.39 Å². The number of halogens is 1. The highest BCUT2D eigenvalue weighted by Crippen LogP contribution is 2.22. The number of methoxy groups -OCH3 is 1. The van der Waals surface area contributed by atoms with Crippen molar-refractivity contribution >= 4 is 0 Å². The van der Waals surface area contributed by atoms with Crippen LogP contribution in [0.4, 0.5) is 4.39 Å². The molecule has 0 saturated heterocycles. The highest BCUT2D eigenvalue weighted by Gasteiger charge is 2.13. The van der Waals surface area contributed by atoms with E-state index in [1.54, 1.807) is 12.1 Å². The lowest BCUT2D eigenvalue weighted by Crippen LogP contribution is -2.28. The summed E-state index contributed by atoms with van der Waals surface area (Å²) in [5.74, 6) is 0.333. The SMILES string of the molecule is CCC(C)NC(C)c1ccc(OC)cc1F. The second-order valence-corrected chi connectivity index (χ2v) is 4.09. The molecule has 0 aliphatic heterocycles. The lowest BCUT2D eigenvalue weighted by atomic mass is 10.1. The Labute approximate surface area is 96.8 Å². The standard InChI is InChI=1S/C13H20FNO/c1-5-9(2)15-10(3)12-7-6-11(16-4)8-13(12)14/h6-10,15H,5H2,1-4H3. The Morgan fingerprint density at radius 3 is 2.56 bits per heavy atom. The van der Waals surface area contributed by atoms with Gasteiger partial charge in [-0.25, -0.2) is 4.39 Å². The van der Waals surface area contributed by atoms with E-state index in [1.165, 1.54) is 13.2 Å². The molecule has 16 heavy (non-hydrogen) atoms. The van der Waals surface area contributed by atoms with Crippen LogP contribution in [0.25, 0.3) is 0 Å². The number of benzene rings is 1. The molecule has 0 fully saturated rings. The van der Waals surface area contributed by atoms with Gasteiger partial charge in [-0.3, -0.25) is 0 Å². The highest BCUT2D eigenvalue weighted by atomic mass is 19.1. The number of nitrogens with one attached hydrogen (secondary N) is 1. The fourth-order valence-corrected chi connectivity index (χ4v) is 1.62. The number of rotatable bonds is 5. The van der Waals surface area contributed by atoms with Gasteiger partial charge in [0.1, 0.15) is 11.6 Å². The first-order chi connectivity index (χ1) is 7.58. The highest BCUT2D eigenvalue weighted by molar-refractivity contribution is 5.30. The van der Waals surface area contributed by atoms with Crippen LogP contribution in [0.1, 0.15) is 38.8 Å². The molecule has 0 bridgehead atoms. The van der Waals surface area contributed by atoms with Crippen molar-refractivity contribution in [1.29, 1.82) is 0 Å². The molecule has 0 heterocycles. The average Bonchev–Trinajstić information content (AvgIpc) is 2.28. The first kappa shape index (κ1) is 13.0. The van der Waals surface area contributed by atoms with Crippen LogP contribution in [-0.4, -0.2) is 13.2 Å². The van der Waals surface area contributed by atoms with Gasteiger partial charge in [-0.15, -0.1) is 0 Å². The molecule has 1 aromatic carbocycles. The summed E-state index contributed by atoms with van der Waals surface area (Å²) in [6, 6.07) is 5.38. The van der Waals surface area contributed by atoms with Crippen molar-refractivity contribution in [3.63, 3.8) is 0 Å². The summed E-state index contributed by atoms with van der Waals surface area (Å²) >= 11 is 0. The fourth-order valence-electron chi connectivity index (χ4n) is 1.62. The van der Waals surface area contributed by atoms with Crippen molar-refractivity contribution in [2.24, 2.45) is 0 Å². The zero-order valence-electron chi connectivity index (χ0n) is 10.4. The third-order valence-corrected chi connectivity index (χ3v) is 2.82. The maximum atomic E-state index is 13.7. The lowest BCUT2D eigenvalue weighted by Gasteiger charge is -2.19. The molecule has 2 nitrogen and oxygen atoms in total. The third-order valence-electron chi connectivity index (χ3n) is 2.82. The Kier molecular flexibility index (Phi) is 4.74. The molecule has 0 radical (unpaired) electrons. The molecule has 1 N–H and O–H groups in total. The number of hydrogen-bond acceptors (Lipinski definition) is 2. The van der Waals surface area contributed by atoms with Crippen LogP contribution < -0.4 is 10.1 Å². The van der Waals surface area contributed by atoms with E-state index in [1.807, 2.05) is 6.92 Å². The molecule has 3 heteroatoms. The van der Waals surface area contributed by atoms with Gasteiger partial charge in [0, 0.05) is 23.7 Å². The smallest absolute Gasteiger partial charge is 0.131 e. The molecule has 0 aliphatic rings. The zero-order chi connectivity index (χ0) is 12.1. The summed E-state index contributed by atoms with van der Waals surface area (Å²) in [5, 5.41) is 3.34. The molecular weight excluding hydrogens is 205 g/mol. The van der Waals surface area contributed by atoms with E-state index in [2.05, 4.69) is 19.2 Å². The van der Waals surface area contributed by atoms with E-state index in [0.717, 1.165) is 6.42 Å². The van der Waals surface area contributed by atoms with Crippen LogP contribution in [0, 0.1) is 5.82 Å². The van der Waals surface area contributed by atoms with Gasteiger partial charge in [0.2, 0.25) is 0 Å². The van der Waals surface area contributed by atoms with Crippen molar-refractivity contribution in [1.82, 2.24) is 5.32 Å². The van der Waals surface area contributed by atoms with Crippen molar-refractivity contribution < 1.29 is 9.13 Å². The Morgan fingerprint density at radius 1 is 1.38 bits per heavy atom. The molecule has 0 saturated carbocycles. The van der Waals surface area contributed by atoms with Crippen molar-refractivity contribution in [3.8, 4) is 5.75 Å². The molecule has 0 aromatic heterocycles. The van der Waals surface area contributed by atoms with Gasteiger partial charge in [-0.2, -0.15) is 0 Å². The number of hydrogen-bond donors (Lipinski definition) is 1. The Morgan fingerprint density at radius 2 is 2.06 bits per heavy atom.